The molecule has 0 radical (unpaired) electrons. The fraction of sp³-hybridized carbons (Fsp3) is 0. The zero-order chi connectivity index (χ0) is 22.5. The summed E-state index contributed by atoms with van der Waals surface area (Å²) in [5.41, 5.74) is 3.37. The molecule has 4 aromatic rings. The molecule has 0 spiro atoms. The first-order valence-electron chi connectivity index (χ1n) is 9.90. The number of phenolic OH excluding ortho intramolecular Hbond substituents is 2. The molecule has 4 rings (SSSR count). The molecule has 6 nitrogen and oxygen atoms in total. The van der Waals surface area contributed by atoms with Gasteiger partial charge in [-0.25, -0.2) is 0 Å². The van der Waals surface area contributed by atoms with Crippen molar-refractivity contribution < 1.29 is 19.8 Å². The van der Waals surface area contributed by atoms with Crippen LogP contribution in [0.15, 0.2) is 97.1 Å². The summed E-state index contributed by atoms with van der Waals surface area (Å²) in [5.74, 6) is -0.642. The largest absolute Gasteiger partial charge is 0.506 e. The van der Waals surface area contributed by atoms with Crippen LogP contribution in [0.5, 0.6) is 11.5 Å². The van der Waals surface area contributed by atoms with Gasteiger partial charge in [0.25, 0.3) is 11.8 Å². The molecule has 0 aliphatic rings. The molecule has 0 heterocycles. The van der Waals surface area contributed by atoms with E-state index in [9.17, 15) is 19.8 Å². The maximum absolute atomic E-state index is 12.4. The van der Waals surface area contributed by atoms with Gasteiger partial charge in [-0.1, -0.05) is 48.5 Å². The van der Waals surface area contributed by atoms with Gasteiger partial charge in [-0.2, -0.15) is 0 Å². The van der Waals surface area contributed by atoms with Crippen molar-refractivity contribution in [2.75, 3.05) is 10.6 Å². The summed E-state index contributed by atoms with van der Waals surface area (Å²) in [6.07, 6.45) is 0. The van der Waals surface area contributed by atoms with Crippen LogP contribution in [-0.2, 0) is 0 Å². The van der Waals surface area contributed by atoms with Gasteiger partial charge in [-0.05, 0) is 59.7 Å². The summed E-state index contributed by atoms with van der Waals surface area (Å²) in [5, 5.41) is 25.0. The quantitative estimate of drug-likeness (QED) is 0.328. The van der Waals surface area contributed by atoms with Gasteiger partial charge in [-0.3, -0.25) is 9.59 Å². The lowest BCUT2D eigenvalue weighted by Gasteiger charge is -2.09. The monoisotopic (exact) mass is 424 g/mol. The van der Waals surface area contributed by atoms with Crippen molar-refractivity contribution >= 4 is 23.2 Å². The minimum Gasteiger partial charge on any atom is -0.506 e. The fourth-order valence-electron chi connectivity index (χ4n) is 3.18. The Morgan fingerprint density at radius 2 is 0.844 bits per heavy atom. The zero-order valence-electron chi connectivity index (χ0n) is 16.9. The molecule has 0 saturated heterocycles. The number of nitrogens with one attached hydrogen (secondary N) is 2. The molecule has 0 unspecified atom stereocenters. The van der Waals surface area contributed by atoms with Gasteiger partial charge in [0, 0.05) is 11.1 Å². The van der Waals surface area contributed by atoms with Crippen molar-refractivity contribution in [2.45, 2.75) is 0 Å². The normalized spacial score (nSPS) is 10.4. The minimum absolute atomic E-state index is 0.00377. The number of hydrogen-bond acceptors (Lipinski definition) is 4. The Morgan fingerprint density at radius 3 is 1.19 bits per heavy atom. The Balaban J connectivity index is 1.44. The standard InChI is InChI=1S/C26H20N2O4/c29-23-7-3-1-5-21(23)27-25(31)19-13-9-17(10-14-19)18-11-15-20(16-12-18)26(32)28-22-6-2-4-8-24(22)30/h1-16,29-30H,(H,27,31)(H,28,32). The van der Waals surface area contributed by atoms with Crippen molar-refractivity contribution in [3.8, 4) is 22.6 Å². The van der Waals surface area contributed by atoms with Crippen LogP contribution < -0.4 is 10.6 Å². The lowest BCUT2D eigenvalue weighted by atomic mass is 10.0. The molecule has 0 aromatic heterocycles. The van der Waals surface area contributed by atoms with Gasteiger partial charge in [0.15, 0.2) is 0 Å². The minimum atomic E-state index is -0.325. The van der Waals surface area contributed by atoms with Crippen LogP contribution in [-0.4, -0.2) is 22.0 Å². The Hall–Kier alpha value is -4.58. The summed E-state index contributed by atoms with van der Waals surface area (Å²) in [6, 6.07) is 27.1. The van der Waals surface area contributed by atoms with Crippen LogP contribution in [0.25, 0.3) is 11.1 Å². The Kier molecular flexibility index (Phi) is 5.85. The van der Waals surface area contributed by atoms with Crippen molar-refractivity contribution in [1.29, 1.82) is 0 Å². The Bertz CT molecular complexity index is 1160. The highest BCUT2D eigenvalue weighted by atomic mass is 16.3. The Labute approximate surface area is 184 Å². The van der Waals surface area contributed by atoms with E-state index in [-0.39, 0.29) is 23.3 Å². The number of benzene rings is 4. The number of rotatable bonds is 5. The van der Waals surface area contributed by atoms with Crippen LogP contribution in [0.1, 0.15) is 20.7 Å². The predicted molar refractivity (Wildman–Crippen MR) is 124 cm³/mol. The molecular formula is C26H20N2O4. The average Bonchev–Trinajstić information content (AvgIpc) is 2.82. The molecule has 0 fully saturated rings. The SMILES string of the molecule is O=C(Nc1ccccc1O)c1ccc(-c2ccc(C(=O)Nc3ccccc3O)cc2)cc1. The molecule has 32 heavy (non-hydrogen) atoms. The lowest BCUT2D eigenvalue weighted by Crippen LogP contribution is -2.12. The van der Waals surface area contributed by atoms with E-state index in [1.165, 1.54) is 12.1 Å². The smallest absolute Gasteiger partial charge is 0.255 e. The first-order chi connectivity index (χ1) is 15.5. The molecule has 0 aliphatic heterocycles. The fourth-order valence-corrected chi connectivity index (χ4v) is 3.18. The maximum atomic E-state index is 12.4. The molecule has 4 N–H and O–H groups in total. The summed E-state index contributed by atoms with van der Waals surface area (Å²) in [6.45, 7) is 0. The Morgan fingerprint density at radius 1 is 0.500 bits per heavy atom. The van der Waals surface area contributed by atoms with Gasteiger partial charge in [-0.15, -0.1) is 0 Å². The van der Waals surface area contributed by atoms with E-state index in [1.54, 1.807) is 60.7 Å². The lowest BCUT2D eigenvalue weighted by molar-refractivity contribution is 0.101. The second-order valence-electron chi connectivity index (χ2n) is 7.10. The van der Waals surface area contributed by atoms with Crippen LogP contribution in [0.4, 0.5) is 11.4 Å². The third kappa shape index (κ3) is 4.60. The topological polar surface area (TPSA) is 98.7 Å². The first kappa shape index (κ1) is 20.7. The average molecular weight is 424 g/mol. The number of carbonyl (C=O) groups excluding carboxylic acids is 2. The summed E-state index contributed by atoms with van der Waals surface area (Å²) in [4.78, 5) is 24.8. The van der Waals surface area contributed by atoms with Crippen LogP contribution in [0.3, 0.4) is 0 Å². The van der Waals surface area contributed by atoms with Crippen LogP contribution in [0, 0.1) is 0 Å². The summed E-state index contributed by atoms with van der Waals surface area (Å²) < 4.78 is 0. The molecule has 4 aromatic carbocycles. The van der Waals surface area contributed by atoms with E-state index < -0.39 is 0 Å². The molecule has 0 saturated carbocycles. The van der Waals surface area contributed by atoms with Crippen LogP contribution in [0.2, 0.25) is 0 Å². The predicted octanol–water partition coefficient (Wildman–Crippen LogP) is 5.27. The van der Waals surface area contributed by atoms with Gasteiger partial charge >= 0.3 is 0 Å². The third-order valence-electron chi connectivity index (χ3n) is 4.93. The number of phenols is 2. The second-order valence-corrected chi connectivity index (χ2v) is 7.10. The van der Waals surface area contributed by atoms with Gasteiger partial charge < -0.3 is 20.8 Å². The van der Waals surface area contributed by atoms with Crippen molar-refractivity contribution in [3.05, 3.63) is 108 Å². The molecule has 0 bridgehead atoms. The molecule has 158 valence electrons. The first-order valence-corrected chi connectivity index (χ1v) is 9.90. The molecule has 0 aliphatic carbocycles. The highest BCUT2D eigenvalue weighted by Gasteiger charge is 2.11. The number of hydrogen-bond donors (Lipinski definition) is 4. The number of amides is 2. The molecular weight excluding hydrogens is 404 g/mol. The van der Waals surface area contributed by atoms with E-state index in [4.69, 9.17) is 0 Å². The van der Waals surface area contributed by atoms with E-state index in [0.29, 0.717) is 22.5 Å². The van der Waals surface area contributed by atoms with E-state index in [0.717, 1.165) is 11.1 Å². The number of anilines is 2. The number of para-hydroxylation sites is 4. The van der Waals surface area contributed by atoms with Crippen molar-refractivity contribution in [2.24, 2.45) is 0 Å². The number of aromatic hydroxyl groups is 2. The summed E-state index contributed by atoms with van der Waals surface area (Å²) >= 11 is 0. The molecule has 0 atom stereocenters. The highest BCUT2D eigenvalue weighted by Crippen LogP contribution is 2.25. The van der Waals surface area contributed by atoms with Crippen LogP contribution >= 0.6 is 0 Å². The van der Waals surface area contributed by atoms with E-state index in [2.05, 4.69) is 10.6 Å². The maximum Gasteiger partial charge on any atom is 0.255 e. The highest BCUT2D eigenvalue weighted by molar-refractivity contribution is 6.06. The van der Waals surface area contributed by atoms with E-state index in [1.807, 2.05) is 24.3 Å². The molecule has 6 heteroatoms. The number of carbonyl (C=O) groups is 2. The molecule has 2 amide bonds. The van der Waals surface area contributed by atoms with Crippen molar-refractivity contribution in [3.63, 3.8) is 0 Å². The van der Waals surface area contributed by atoms with Gasteiger partial charge in [0.2, 0.25) is 0 Å². The third-order valence-corrected chi connectivity index (χ3v) is 4.93. The van der Waals surface area contributed by atoms with Gasteiger partial charge in [0.1, 0.15) is 11.5 Å². The zero-order valence-corrected chi connectivity index (χ0v) is 16.9. The van der Waals surface area contributed by atoms with E-state index >= 15 is 0 Å². The summed E-state index contributed by atoms with van der Waals surface area (Å²) in [7, 11) is 0. The van der Waals surface area contributed by atoms with Crippen molar-refractivity contribution in [1.82, 2.24) is 0 Å². The van der Waals surface area contributed by atoms with Gasteiger partial charge in [0.05, 0.1) is 11.4 Å². The second kappa shape index (κ2) is 9.06.